The van der Waals surface area contributed by atoms with Crippen LogP contribution in [0.3, 0.4) is 0 Å². The van der Waals surface area contributed by atoms with Crippen molar-refractivity contribution in [3.63, 3.8) is 0 Å². The zero-order valence-electron chi connectivity index (χ0n) is 23.4. The zero-order valence-corrected chi connectivity index (χ0v) is 26.4. The maximum absolute atomic E-state index is 7.28. The van der Waals surface area contributed by atoms with Gasteiger partial charge in [0.25, 0.3) is 0 Å². The van der Waals surface area contributed by atoms with Gasteiger partial charge in [0.15, 0.2) is 0 Å². The summed E-state index contributed by atoms with van der Waals surface area (Å²) >= 11 is 0. The van der Waals surface area contributed by atoms with Crippen LogP contribution < -0.4 is 15.6 Å². The minimum absolute atomic E-state index is 0.0388. The quantitative estimate of drug-likeness (QED) is 0.275. The fraction of sp³-hybridized carbons (Fsp3) is 0.379. The SMILES string of the molecule is CC(C)O[Si](C)(O[Si](OC(C)C)(O[Si](C)(OC(C)C)c1ccccc1)c1ccccc1)c1ccccc1. The van der Waals surface area contributed by atoms with E-state index in [0.717, 1.165) is 15.6 Å². The van der Waals surface area contributed by atoms with Crippen molar-refractivity contribution in [2.75, 3.05) is 0 Å². The molecule has 0 aromatic heterocycles. The lowest BCUT2D eigenvalue weighted by atomic mass is 10.4. The molecule has 3 rings (SSSR count). The lowest BCUT2D eigenvalue weighted by Crippen LogP contribution is -2.72. The molecule has 0 radical (unpaired) electrons. The van der Waals surface area contributed by atoms with Crippen LogP contribution in [-0.2, 0) is 21.5 Å². The second kappa shape index (κ2) is 12.8. The standard InChI is InChI=1S/C29H42O5Si3/c1-24(2)30-35(7,27-18-12-9-13-19-27)33-37(32-26(5)6,29-22-16-11-17-23-29)34-36(8,31-25(3)4)28-20-14-10-15-21-28/h9-26H,1-8H3. The Morgan fingerprint density at radius 3 is 1.03 bits per heavy atom. The van der Waals surface area contributed by atoms with Crippen LogP contribution >= 0.6 is 0 Å². The van der Waals surface area contributed by atoms with Crippen molar-refractivity contribution >= 4 is 41.5 Å². The minimum Gasteiger partial charge on any atom is -0.389 e. The molecule has 0 heterocycles. The van der Waals surface area contributed by atoms with Crippen molar-refractivity contribution in [2.24, 2.45) is 0 Å². The molecule has 2 unspecified atom stereocenters. The molecule has 0 aliphatic rings. The maximum atomic E-state index is 7.28. The molecule has 0 saturated heterocycles. The summed E-state index contributed by atoms with van der Waals surface area (Å²) in [5.41, 5.74) is 0. The zero-order chi connectivity index (χ0) is 27.1. The van der Waals surface area contributed by atoms with Crippen LogP contribution in [0.25, 0.3) is 0 Å². The van der Waals surface area contributed by atoms with Gasteiger partial charge in [-0.1, -0.05) is 91.0 Å². The molecule has 0 amide bonds. The van der Waals surface area contributed by atoms with E-state index < -0.39 is 25.9 Å². The molecule has 0 spiro atoms. The van der Waals surface area contributed by atoms with Gasteiger partial charge in [-0.25, -0.2) is 0 Å². The van der Waals surface area contributed by atoms with Crippen molar-refractivity contribution in [3.8, 4) is 0 Å². The lowest BCUT2D eigenvalue weighted by molar-refractivity contribution is 0.0899. The Kier molecular flexibility index (Phi) is 10.2. The summed E-state index contributed by atoms with van der Waals surface area (Å²) in [4.78, 5) is 0. The molecule has 0 fully saturated rings. The highest BCUT2D eigenvalue weighted by Crippen LogP contribution is 2.26. The Morgan fingerprint density at radius 1 is 0.432 bits per heavy atom. The minimum atomic E-state index is -3.63. The van der Waals surface area contributed by atoms with Gasteiger partial charge in [0, 0.05) is 23.5 Å². The normalized spacial score (nSPS) is 16.9. The number of rotatable bonds is 13. The van der Waals surface area contributed by atoms with Gasteiger partial charge in [0.05, 0.1) is 0 Å². The van der Waals surface area contributed by atoms with E-state index in [2.05, 4.69) is 37.4 Å². The van der Waals surface area contributed by atoms with E-state index in [1.54, 1.807) is 0 Å². The van der Waals surface area contributed by atoms with Gasteiger partial charge in [-0.05, 0) is 65.0 Å². The van der Waals surface area contributed by atoms with Gasteiger partial charge in [0.2, 0.25) is 0 Å². The van der Waals surface area contributed by atoms with Gasteiger partial charge in [-0.2, -0.15) is 0 Å². The smallest absolute Gasteiger partial charge is 0.389 e. The maximum Gasteiger partial charge on any atom is 0.520 e. The van der Waals surface area contributed by atoms with Crippen LogP contribution in [0.2, 0.25) is 13.1 Å². The topological polar surface area (TPSA) is 46.2 Å². The Bertz CT molecular complexity index is 1020. The van der Waals surface area contributed by atoms with Crippen LogP contribution in [0.1, 0.15) is 41.5 Å². The highest BCUT2D eigenvalue weighted by Gasteiger charge is 2.57. The molecule has 0 bridgehead atoms. The lowest BCUT2D eigenvalue weighted by Gasteiger charge is -2.44. The van der Waals surface area contributed by atoms with Crippen molar-refractivity contribution in [3.05, 3.63) is 91.0 Å². The molecule has 5 nitrogen and oxygen atoms in total. The second-order valence-electron chi connectivity index (χ2n) is 10.2. The van der Waals surface area contributed by atoms with Crippen molar-refractivity contribution in [2.45, 2.75) is 72.9 Å². The first-order chi connectivity index (χ1) is 17.5. The Balaban J connectivity index is 2.25. The van der Waals surface area contributed by atoms with Gasteiger partial charge in [-0.3, -0.25) is 0 Å². The third-order valence-electron chi connectivity index (χ3n) is 5.69. The van der Waals surface area contributed by atoms with E-state index in [-0.39, 0.29) is 18.3 Å². The molecule has 0 aliphatic carbocycles. The average Bonchev–Trinajstić information content (AvgIpc) is 2.84. The summed E-state index contributed by atoms with van der Waals surface area (Å²) in [6.07, 6.45) is -0.223. The third kappa shape index (κ3) is 7.81. The van der Waals surface area contributed by atoms with E-state index in [9.17, 15) is 0 Å². The van der Waals surface area contributed by atoms with Crippen molar-refractivity contribution in [1.29, 1.82) is 0 Å². The Labute approximate surface area is 226 Å². The summed E-state index contributed by atoms with van der Waals surface area (Å²) < 4.78 is 34.7. The van der Waals surface area contributed by atoms with Crippen LogP contribution in [0.4, 0.5) is 0 Å². The number of hydrogen-bond donors (Lipinski definition) is 0. The molecule has 200 valence electrons. The van der Waals surface area contributed by atoms with E-state index in [4.69, 9.17) is 21.5 Å². The predicted octanol–water partition coefficient (Wildman–Crippen LogP) is 5.10. The van der Waals surface area contributed by atoms with Gasteiger partial charge in [0.1, 0.15) is 0 Å². The monoisotopic (exact) mass is 554 g/mol. The van der Waals surface area contributed by atoms with E-state index >= 15 is 0 Å². The summed E-state index contributed by atoms with van der Waals surface area (Å²) in [6.45, 7) is 16.4. The van der Waals surface area contributed by atoms with Crippen LogP contribution in [0, 0.1) is 0 Å². The van der Waals surface area contributed by atoms with Gasteiger partial charge >= 0.3 is 25.9 Å². The Morgan fingerprint density at radius 2 is 0.730 bits per heavy atom. The van der Waals surface area contributed by atoms with E-state index in [1.165, 1.54) is 0 Å². The number of hydrogen-bond acceptors (Lipinski definition) is 5. The molecular formula is C29H42O5Si3. The number of benzene rings is 3. The van der Waals surface area contributed by atoms with Crippen LogP contribution in [0.5, 0.6) is 0 Å². The molecule has 3 aromatic carbocycles. The fourth-order valence-corrected chi connectivity index (χ4v) is 16.7. The van der Waals surface area contributed by atoms with Crippen molar-refractivity contribution < 1.29 is 21.5 Å². The first-order valence-electron chi connectivity index (χ1n) is 13.1. The summed E-state index contributed by atoms with van der Waals surface area (Å²) in [5, 5.41) is 2.95. The molecule has 0 saturated carbocycles. The molecule has 3 aromatic rings. The van der Waals surface area contributed by atoms with Gasteiger partial charge < -0.3 is 21.5 Å². The summed E-state index contributed by atoms with van der Waals surface area (Å²) in [7, 11) is -9.70. The second-order valence-corrected chi connectivity index (χ2v) is 19.2. The highest BCUT2D eigenvalue weighted by atomic mass is 28.5. The largest absolute Gasteiger partial charge is 0.520 e. The first kappa shape index (κ1) is 29.7. The van der Waals surface area contributed by atoms with Gasteiger partial charge in [-0.15, -0.1) is 0 Å². The highest BCUT2D eigenvalue weighted by molar-refractivity contribution is 6.96. The first-order valence-corrected chi connectivity index (χ1v) is 19.4. The average molecular weight is 555 g/mol. The third-order valence-corrected chi connectivity index (χ3v) is 17.4. The molecule has 8 heteroatoms. The van der Waals surface area contributed by atoms with Crippen LogP contribution in [-0.4, -0.2) is 44.2 Å². The van der Waals surface area contributed by atoms with Crippen molar-refractivity contribution in [1.82, 2.24) is 0 Å². The van der Waals surface area contributed by atoms with Crippen LogP contribution in [0.15, 0.2) is 91.0 Å². The molecule has 2 atom stereocenters. The van der Waals surface area contributed by atoms with E-state index in [1.807, 2.05) is 108 Å². The molecule has 37 heavy (non-hydrogen) atoms. The molecule has 0 N–H and O–H groups in total. The predicted molar refractivity (Wildman–Crippen MR) is 158 cm³/mol. The summed E-state index contributed by atoms with van der Waals surface area (Å²) in [5.74, 6) is 0. The Hall–Kier alpha value is -1.89. The summed E-state index contributed by atoms with van der Waals surface area (Å²) in [6, 6.07) is 30.5. The van der Waals surface area contributed by atoms with E-state index in [0.29, 0.717) is 0 Å². The fourth-order valence-electron chi connectivity index (χ4n) is 4.40. The molecule has 0 aliphatic heterocycles. The molecular weight excluding hydrogens is 513 g/mol.